The van der Waals surface area contributed by atoms with Gasteiger partial charge in [0.15, 0.2) is 5.78 Å². The summed E-state index contributed by atoms with van der Waals surface area (Å²) in [6.07, 6.45) is 5.76. The maximum atomic E-state index is 11.1. The molecule has 0 radical (unpaired) electrons. The highest BCUT2D eigenvalue weighted by Gasteiger charge is 2.11. The molecule has 2 heteroatoms. The van der Waals surface area contributed by atoms with Gasteiger partial charge in [0.2, 0.25) is 0 Å². The molecular formula is C9H11NO. The van der Waals surface area contributed by atoms with Crippen LogP contribution in [0.4, 0.5) is 0 Å². The molecule has 0 unspecified atom stereocenters. The summed E-state index contributed by atoms with van der Waals surface area (Å²) in [5, 5.41) is 8.29. The lowest BCUT2D eigenvalue weighted by Crippen LogP contribution is -2.06. The summed E-state index contributed by atoms with van der Waals surface area (Å²) in [6.45, 7) is 0. The summed E-state index contributed by atoms with van der Waals surface area (Å²) in [4.78, 5) is 11.1. The fourth-order valence-corrected chi connectivity index (χ4v) is 1.25. The van der Waals surface area contributed by atoms with Crippen LogP contribution in [0.2, 0.25) is 0 Å². The van der Waals surface area contributed by atoms with Crippen molar-refractivity contribution in [3.05, 3.63) is 11.6 Å². The van der Waals surface area contributed by atoms with Crippen molar-refractivity contribution in [3.8, 4) is 6.07 Å². The summed E-state index contributed by atoms with van der Waals surface area (Å²) < 4.78 is 0. The molecule has 0 fully saturated rings. The molecule has 0 amide bonds. The van der Waals surface area contributed by atoms with Crippen LogP contribution < -0.4 is 0 Å². The molecule has 0 aromatic carbocycles. The lowest BCUT2D eigenvalue weighted by Gasteiger charge is -2.08. The summed E-state index contributed by atoms with van der Waals surface area (Å²) >= 11 is 0. The molecule has 1 aliphatic carbocycles. The second-order valence-corrected chi connectivity index (χ2v) is 2.70. The molecule has 0 aromatic heterocycles. The Morgan fingerprint density at radius 1 is 1.64 bits per heavy atom. The van der Waals surface area contributed by atoms with E-state index in [0.29, 0.717) is 19.3 Å². The molecule has 0 spiro atoms. The number of ketones is 1. The lowest BCUT2D eigenvalue weighted by atomic mass is 9.95. The van der Waals surface area contributed by atoms with Gasteiger partial charge in [0, 0.05) is 12.8 Å². The molecule has 0 bridgehead atoms. The van der Waals surface area contributed by atoms with Crippen LogP contribution in [0, 0.1) is 11.3 Å². The normalized spacial score (nSPS) is 17.4. The first-order valence-corrected chi connectivity index (χ1v) is 3.94. The van der Waals surface area contributed by atoms with E-state index in [9.17, 15) is 4.79 Å². The van der Waals surface area contributed by atoms with Gasteiger partial charge in [0.1, 0.15) is 0 Å². The van der Waals surface area contributed by atoms with E-state index in [1.807, 2.05) is 12.1 Å². The first kappa shape index (κ1) is 8.00. The van der Waals surface area contributed by atoms with Crippen LogP contribution >= 0.6 is 0 Å². The molecule has 11 heavy (non-hydrogen) atoms. The van der Waals surface area contributed by atoms with Crippen LogP contribution in [0.15, 0.2) is 11.6 Å². The van der Waals surface area contributed by atoms with Crippen molar-refractivity contribution < 1.29 is 4.79 Å². The van der Waals surface area contributed by atoms with E-state index < -0.39 is 0 Å². The third kappa shape index (κ3) is 2.19. The minimum absolute atomic E-state index is 0.242. The van der Waals surface area contributed by atoms with Crippen LogP contribution in [0.1, 0.15) is 32.1 Å². The van der Waals surface area contributed by atoms with Crippen LogP contribution in [0.25, 0.3) is 0 Å². The molecule has 1 rings (SSSR count). The van der Waals surface area contributed by atoms with Gasteiger partial charge in [-0.3, -0.25) is 4.79 Å². The van der Waals surface area contributed by atoms with Crippen LogP contribution in [-0.2, 0) is 4.79 Å². The smallest absolute Gasteiger partial charge is 0.158 e. The second kappa shape index (κ2) is 3.92. The van der Waals surface area contributed by atoms with Crippen molar-refractivity contribution >= 4 is 5.78 Å². The molecule has 0 atom stereocenters. The monoisotopic (exact) mass is 149 g/mol. The van der Waals surface area contributed by atoms with E-state index in [-0.39, 0.29) is 5.78 Å². The quantitative estimate of drug-likeness (QED) is 0.602. The van der Waals surface area contributed by atoms with Crippen LogP contribution in [0.3, 0.4) is 0 Å². The van der Waals surface area contributed by atoms with E-state index in [1.165, 1.54) is 0 Å². The van der Waals surface area contributed by atoms with E-state index in [2.05, 4.69) is 0 Å². The number of hydrogen-bond donors (Lipinski definition) is 0. The number of nitrogens with zero attached hydrogens (tertiary/aromatic N) is 1. The Morgan fingerprint density at radius 3 is 3.09 bits per heavy atom. The lowest BCUT2D eigenvalue weighted by molar-refractivity contribution is -0.116. The van der Waals surface area contributed by atoms with Crippen molar-refractivity contribution in [2.24, 2.45) is 0 Å². The number of hydrogen-bond acceptors (Lipinski definition) is 2. The minimum atomic E-state index is 0.242. The first-order valence-electron chi connectivity index (χ1n) is 3.94. The maximum Gasteiger partial charge on any atom is 0.158 e. The van der Waals surface area contributed by atoms with Crippen molar-refractivity contribution in [2.75, 3.05) is 0 Å². The number of allylic oxidation sites excluding steroid dienone is 2. The molecule has 2 nitrogen and oxygen atoms in total. The van der Waals surface area contributed by atoms with Crippen molar-refractivity contribution in [1.29, 1.82) is 5.26 Å². The highest BCUT2D eigenvalue weighted by atomic mass is 16.1. The Morgan fingerprint density at radius 2 is 2.45 bits per heavy atom. The molecule has 58 valence electrons. The fourth-order valence-electron chi connectivity index (χ4n) is 1.25. The standard InChI is InChI=1S/C9H11NO/c10-7-3-5-8-4-1-2-6-9(8)11/h4H,1-3,5-6H2. The Hall–Kier alpha value is -1.10. The Bertz CT molecular complexity index is 222. The highest BCUT2D eigenvalue weighted by molar-refractivity contribution is 5.95. The number of carbonyl (C=O) groups is 1. The van der Waals surface area contributed by atoms with Crippen LogP contribution in [-0.4, -0.2) is 5.78 Å². The zero-order chi connectivity index (χ0) is 8.10. The van der Waals surface area contributed by atoms with E-state index in [1.54, 1.807) is 0 Å². The predicted octanol–water partition coefficient (Wildman–Crippen LogP) is 1.97. The summed E-state index contributed by atoms with van der Waals surface area (Å²) in [6, 6.07) is 2.04. The van der Waals surface area contributed by atoms with E-state index >= 15 is 0 Å². The Kier molecular flexibility index (Phi) is 2.85. The Labute approximate surface area is 66.5 Å². The zero-order valence-electron chi connectivity index (χ0n) is 6.47. The second-order valence-electron chi connectivity index (χ2n) is 2.70. The first-order chi connectivity index (χ1) is 5.34. The highest BCUT2D eigenvalue weighted by Crippen LogP contribution is 2.17. The number of carbonyl (C=O) groups excluding carboxylic acids is 1. The topological polar surface area (TPSA) is 40.9 Å². The van der Waals surface area contributed by atoms with Gasteiger partial charge in [-0.05, 0) is 24.8 Å². The summed E-state index contributed by atoms with van der Waals surface area (Å²) in [5.41, 5.74) is 0.873. The molecular weight excluding hydrogens is 138 g/mol. The average molecular weight is 149 g/mol. The van der Waals surface area contributed by atoms with Crippen molar-refractivity contribution in [1.82, 2.24) is 0 Å². The third-order valence-corrected chi connectivity index (χ3v) is 1.86. The molecule has 0 heterocycles. The number of rotatable bonds is 2. The number of Topliss-reactive ketones (excluding diaryl/α,β-unsaturated/α-hetero) is 1. The molecule has 0 aromatic rings. The Balaban J connectivity index is 2.49. The van der Waals surface area contributed by atoms with Gasteiger partial charge in [0.25, 0.3) is 0 Å². The fraction of sp³-hybridized carbons (Fsp3) is 0.556. The molecule has 0 aliphatic heterocycles. The van der Waals surface area contributed by atoms with Gasteiger partial charge in [-0.15, -0.1) is 0 Å². The number of nitriles is 1. The van der Waals surface area contributed by atoms with E-state index in [0.717, 1.165) is 18.4 Å². The SMILES string of the molecule is N#CCCC1=CCCCC1=O. The van der Waals surface area contributed by atoms with Gasteiger partial charge >= 0.3 is 0 Å². The van der Waals surface area contributed by atoms with E-state index in [4.69, 9.17) is 5.26 Å². The van der Waals surface area contributed by atoms with Gasteiger partial charge in [-0.2, -0.15) is 5.26 Å². The van der Waals surface area contributed by atoms with Gasteiger partial charge in [0.05, 0.1) is 6.07 Å². The van der Waals surface area contributed by atoms with Gasteiger partial charge in [-0.25, -0.2) is 0 Å². The average Bonchev–Trinajstić information content (AvgIpc) is 2.03. The van der Waals surface area contributed by atoms with Crippen molar-refractivity contribution in [3.63, 3.8) is 0 Å². The zero-order valence-corrected chi connectivity index (χ0v) is 6.47. The molecule has 0 saturated heterocycles. The third-order valence-electron chi connectivity index (χ3n) is 1.86. The summed E-state index contributed by atoms with van der Waals surface area (Å²) in [7, 11) is 0. The minimum Gasteiger partial charge on any atom is -0.295 e. The molecule has 0 N–H and O–H groups in total. The molecule has 1 aliphatic rings. The van der Waals surface area contributed by atoms with Gasteiger partial charge < -0.3 is 0 Å². The van der Waals surface area contributed by atoms with Crippen molar-refractivity contribution in [2.45, 2.75) is 32.1 Å². The van der Waals surface area contributed by atoms with Gasteiger partial charge in [-0.1, -0.05) is 6.08 Å². The summed E-state index contributed by atoms with van der Waals surface area (Å²) in [5.74, 6) is 0.242. The predicted molar refractivity (Wildman–Crippen MR) is 41.8 cm³/mol. The maximum absolute atomic E-state index is 11.1. The van der Waals surface area contributed by atoms with Crippen LogP contribution in [0.5, 0.6) is 0 Å². The molecule has 0 saturated carbocycles. The largest absolute Gasteiger partial charge is 0.295 e.